The fourth-order valence-electron chi connectivity index (χ4n) is 2.50. The first-order valence-corrected chi connectivity index (χ1v) is 7.12. The molecule has 0 saturated heterocycles. The number of carbonyl (C=O) groups is 2. The molecule has 1 N–H and O–H groups in total. The zero-order valence-corrected chi connectivity index (χ0v) is 13.3. The number of phenols is 1. The van der Waals surface area contributed by atoms with Gasteiger partial charge in [0.2, 0.25) is 0 Å². The molecule has 1 unspecified atom stereocenters. The number of benzene rings is 1. The van der Waals surface area contributed by atoms with E-state index in [0.717, 1.165) is 5.56 Å². The van der Waals surface area contributed by atoms with E-state index in [2.05, 4.69) is 0 Å². The minimum absolute atomic E-state index is 0.132. The van der Waals surface area contributed by atoms with Gasteiger partial charge in [0.15, 0.2) is 6.04 Å². The second kappa shape index (κ2) is 5.87. The number of phenolic OH excluding ortho intramolecular Hbond substituents is 1. The van der Waals surface area contributed by atoms with E-state index in [1.165, 1.54) is 18.1 Å². The van der Waals surface area contributed by atoms with Crippen LogP contribution >= 0.6 is 0 Å². The maximum atomic E-state index is 12.4. The molecule has 22 heavy (non-hydrogen) atoms. The molecule has 6 nitrogen and oxygen atoms in total. The first-order chi connectivity index (χ1) is 10.2. The first kappa shape index (κ1) is 16.1. The molecule has 1 aromatic carbocycles. The summed E-state index contributed by atoms with van der Waals surface area (Å²) in [5.74, 6) is -0.398. The molecular weight excluding hydrogens is 286 g/mol. The van der Waals surface area contributed by atoms with Crippen LogP contribution in [-0.2, 0) is 20.7 Å². The minimum Gasteiger partial charge on any atom is -0.508 e. The Morgan fingerprint density at radius 3 is 2.59 bits per heavy atom. The maximum absolute atomic E-state index is 12.4. The number of hydrogen-bond donors (Lipinski definition) is 1. The second-order valence-corrected chi connectivity index (χ2v) is 6.23. The number of amides is 1. The van der Waals surface area contributed by atoms with Crippen molar-refractivity contribution in [2.75, 3.05) is 13.7 Å². The summed E-state index contributed by atoms with van der Waals surface area (Å²) in [5, 5.41) is 9.58. The molecule has 1 heterocycles. The van der Waals surface area contributed by atoms with Gasteiger partial charge >= 0.3 is 12.1 Å². The van der Waals surface area contributed by atoms with E-state index in [-0.39, 0.29) is 5.75 Å². The van der Waals surface area contributed by atoms with Gasteiger partial charge in [0.25, 0.3) is 0 Å². The number of carbonyl (C=O) groups excluding carboxylic acids is 2. The monoisotopic (exact) mass is 307 g/mol. The molecule has 1 aromatic rings. The standard InChI is InChI=1S/C16H21NO5/c1-16(2,3)22-15(20)17-8-7-10-9-11(18)5-6-12(10)13(17)14(19)21-4/h5-6,9,13,18H,7-8H2,1-4H3. The van der Waals surface area contributed by atoms with Crippen LogP contribution in [0.4, 0.5) is 4.79 Å². The summed E-state index contributed by atoms with van der Waals surface area (Å²) in [5.41, 5.74) is 0.837. The number of fused-ring (bicyclic) bond motifs is 1. The number of methoxy groups -OCH3 is 1. The zero-order chi connectivity index (χ0) is 16.5. The van der Waals surface area contributed by atoms with Gasteiger partial charge in [-0.1, -0.05) is 6.07 Å². The fraction of sp³-hybridized carbons (Fsp3) is 0.500. The molecule has 1 amide bonds. The van der Waals surface area contributed by atoms with Crippen molar-refractivity contribution in [1.82, 2.24) is 4.90 Å². The van der Waals surface area contributed by atoms with Crippen LogP contribution in [0.25, 0.3) is 0 Å². The van der Waals surface area contributed by atoms with Crippen LogP contribution in [0.5, 0.6) is 5.75 Å². The molecular formula is C16H21NO5. The van der Waals surface area contributed by atoms with E-state index < -0.39 is 23.7 Å². The maximum Gasteiger partial charge on any atom is 0.411 e. The minimum atomic E-state index is -0.857. The summed E-state index contributed by atoms with van der Waals surface area (Å²) in [6.45, 7) is 5.64. The highest BCUT2D eigenvalue weighted by Gasteiger charge is 2.38. The van der Waals surface area contributed by atoms with E-state index in [1.54, 1.807) is 32.9 Å². The van der Waals surface area contributed by atoms with Gasteiger partial charge < -0.3 is 14.6 Å². The SMILES string of the molecule is COC(=O)C1c2ccc(O)cc2CCN1C(=O)OC(C)(C)C. The van der Waals surface area contributed by atoms with Crippen LogP contribution in [0, 0.1) is 0 Å². The van der Waals surface area contributed by atoms with Gasteiger partial charge in [-0.2, -0.15) is 0 Å². The van der Waals surface area contributed by atoms with Gasteiger partial charge in [0, 0.05) is 6.54 Å². The molecule has 1 aliphatic heterocycles. The van der Waals surface area contributed by atoms with Crippen molar-refractivity contribution in [2.24, 2.45) is 0 Å². The number of ether oxygens (including phenoxy) is 2. The Kier molecular flexibility index (Phi) is 4.30. The van der Waals surface area contributed by atoms with Gasteiger partial charge in [0.1, 0.15) is 11.4 Å². The largest absolute Gasteiger partial charge is 0.508 e. The lowest BCUT2D eigenvalue weighted by atomic mass is 9.92. The van der Waals surface area contributed by atoms with Crippen LogP contribution in [0.1, 0.15) is 37.9 Å². The van der Waals surface area contributed by atoms with Crippen molar-refractivity contribution in [2.45, 2.75) is 38.8 Å². The normalized spacial score (nSPS) is 17.6. The van der Waals surface area contributed by atoms with E-state index in [1.807, 2.05) is 0 Å². The van der Waals surface area contributed by atoms with Gasteiger partial charge in [-0.3, -0.25) is 4.90 Å². The number of nitrogens with zero attached hydrogens (tertiary/aromatic N) is 1. The fourth-order valence-corrected chi connectivity index (χ4v) is 2.50. The average Bonchev–Trinajstić information content (AvgIpc) is 2.43. The molecule has 6 heteroatoms. The van der Waals surface area contributed by atoms with Crippen LogP contribution in [0.2, 0.25) is 0 Å². The van der Waals surface area contributed by atoms with E-state index in [0.29, 0.717) is 18.5 Å². The second-order valence-electron chi connectivity index (χ2n) is 6.23. The molecule has 0 aromatic heterocycles. The smallest absolute Gasteiger partial charge is 0.411 e. The molecule has 0 bridgehead atoms. The summed E-state index contributed by atoms with van der Waals surface area (Å²) in [6.07, 6.45) is -0.0159. The average molecular weight is 307 g/mol. The van der Waals surface area contributed by atoms with Crippen molar-refractivity contribution < 1.29 is 24.2 Å². The first-order valence-electron chi connectivity index (χ1n) is 7.12. The highest BCUT2D eigenvalue weighted by molar-refractivity contribution is 5.84. The van der Waals surface area contributed by atoms with Crippen LogP contribution < -0.4 is 0 Å². The molecule has 1 atom stereocenters. The number of aromatic hydroxyl groups is 1. The molecule has 2 rings (SSSR count). The number of rotatable bonds is 1. The van der Waals surface area contributed by atoms with Gasteiger partial charge in [0.05, 0.1) is 7.11 Å². The lowest BCUT2D eigenvalue weighted by molar-refractivity contribution is -0.147. The van der Waals surface area contributed by atoms with Gasteiger partial charge in [-0.15, -0.1) is 0 Å². The summed E-state index contributed by atoms with van der Waals surface area (Å²) in [4.78, 5) is 25.9. The summed E-state index contributed by atoms with van der Waals surface area (Å²) < 4.78 is 10.2. The summed E-state index contributed by atoms with van der Waals surface area (Å²) in [7, 11) is 1.28. The Hall–Kier alpha value is -2.24. The molecule has 120 valence electrons. The van der Waals surface area contributed by atoms with Gasteiger partial charge in [-0.05, 0) is 50.5 Å². The lowest BCUT2D eigenvalue weighted by Crippen LogP contribution is -2.46. The van der Waals surface area contributed by atoms with E-state index in [4.69, 9.17) is 9.47 Å². The quantitative estimate of drug-likeness (QED) is 0.806. The summed E-state index contributed by atoms with van der Waals surface area (Å²) in [6, 6.07) is 3.89. The zero-order valence-electron chi connectivity index (χ0n) is 13.3. The molecule has 0 saturated carbocycles. The van der Waals surface area contributed by atoms with Crippen molar-refractivity contribution in [3.05, 3.63) is 29.3 Å². The van der Waals surface area contributed by atoms with E-state index in [9.17, 15) is 14.7 Å². The van der Waals surface area contributed by atoms with Crippen LogP contribution in [-0.4, -0.2) is 41.3 Å². The Balaban J connectivity index is 2.37. The molecule has 0 radical (unpaired) electrons. The Morgan fingerprint density at radius 2 is 2.00 bits per heavy atom. The third-order valence-corrected chi connectivity index (χ3v) is 3.41. The highest BCUT2D eigenvalue weighted by atomic mass is 16.6. The third-order valence-electron chi connectivity index (χ3n) is 3.41. The van der Waals surface area contributed by atoms with E-state index >= 15 is 0 Å². The van der Waals surface area contributed by atoms with Gasteiger partial charge in [-0.25, -0.2) is 9.59 Å². The van der Waals surface area contributed by atoms with Crippen molar-refractivity contribution in [3.63, 3.8) is 0 Å². The van der Waals surface area contributed by atoms with Crippen molar-refractivity contribution in [3.8, 4) is 5.75 Å². The van der Waals surface area contributed by atoms with Crippen molar-refractivity contribution in [1.29, 1.82) is 0 Å². The Morgan fingerprint density at radius 1 is 1.32 bits per heavy atom. The predicted molar refractivity (Wildman–Crippen MR) is 79.5 cm³/mol. The Bertz CT molecular complexity index is 591. The highest BCUT2D eigenvalue weighted by Crippen LogP contribution is 2.33. The number of esters is 1. The molecule has 0 aliphatic carbocycles. The molecule has 0 spiro atoms. The third kappa shape index (κ3) is 3.32. The van der Waals surface area contributed by atoms with Crippen LogP contribution in [0.15, 0.2) is 18.2 Å². The topological polar surface area (TPSA) is 76.1 Å². The Labute approximate surface area is 129 Å². The lowest BCUT2D eigenvalue weighted by Gasteiger charge is -2.36. The molecule has 1 aliphatic rings. The summed E-state index contributed by atoms with van der Waals surface area (Å²) >= 11 is 0. The predicted octanol–water partition coefficient (Wildman–Crippen LogP) is 2.40. The van der Waals surface area contributed by atoms with Crippen molar-refractivity contribution >= 4 is 12.1 Å². The number of hydrogen-bond acceptors (Lipinski definition) is 5. The molecule has 0 fully saturated rings. The van der Waals surface area contributed by atoms with Crippen LogP contribution in [0.3, 0.4) is 0 Å².